The van der Waals surface area contributed by atoms with Crippen LogP contribution in [-0.4, -0.2) is 29.6 Å². The third kappa shape index (κ3) is 3.92. The number of methoxy groups -OCH3 is 1. The molecule has 1 aliphatic heterocycles. The van der Waals surface area contributed by atoms with E-state index in [2.05, 4.69) is 4.90 Å². The fourth-order valence-corrected chi connectivity index (χ4v) is 3.70. The Labute approximate surface area is 141 Å². The third-order valence-corrected chi connectivity index (χ3v) is 4.83. The van der Waals surface area contributed by atoms with E-state index in [4.69, 9.17) is 4.74 Å². The Morgan fingerprint density at radius 2 is 2.00 bits per heavy atom. The van der Waals surface area contributed by atoms with Crippen molar-refractivity contribution in [2.24, 2.45) is 0 Å². The van der Waals surface area contributed by atoms with Crippen LogP contribution in [0.15, 0.2) is 36.4 Å². The van der Waals surface area contributed by atoms with Crippen molar-refractivity contribution in [2.45, 2.75) is 32.9 Å². The molecule has 0 unspecified atom stereocenters. The van der Waals surface area contributed by atoms with Gasteiger partial charge in [-0.25, -0.2) is 4.79 Å². The Hall–Kier alpha value is -1.85. The number of benzene rings is 1. The lowest BCUT2D eigenvalue weighted by molar-refractivity contribution is -0.147. The van der Waals surface area contributed by atoms with Crippen molar-refractivity contribution in [1.82, 2.24) is 4.90 Å². The van der Waals surface area contributed by atoms with Gasteiger partial charge < -0.3 is 9.84 Å². The second-order valence-electron chi connectivity index (χ2n) is 5.09. The minimum atomic E-state index is -0.397. The van der Waals surface area contributed by atoms with Crippen molar-refractivity contribution in [3.63, 3.8) is 0 Å². The molecule has 0 saturated heterocycles. The highest BCUT2D eigenvalue weighted by molar-refractivity contribution is 7.13. The van der Waals surface area contributed by atoms with Crippen LogP contribution in [-0.2, 0) is 22.5 Å². The monoisotopic (exact) mass is 333 g/mol. The van der Waals surface area contributed by atoms with E-state index in [1.165, 1.54) is 23.3 Å². The number of ether oxygens (including phenoxy) is 1. The summed E-state index contributed by atoms with van der Waals surface area (Å²) in [6, 6.07) is 11.1. The Kier molecular flexibility index (Phi) is 6.19. The first-order valence-electron chi connectivity index (χ1n) is 7.86. The molecular weight excluding hydrogens is 310 g/mol. The standard InChI is InChI=1S/C16H17NO3S.C2H6/c1-20-16(19)15(11-5-3-2-4-6-11)17-8-7-13-12(10-17)9-14(18)21-13;1-2/h2-6,9,15,18H,7-8,10H2,1H3;1-2H3/t15-;/m0./s1. The van der Waals surface area contributed by atoms with Gasteiger partial charge in [0.25, 0.3) is 0 Å². The molecule has 0 radical (unpaired) electrons. The van der Waals surface area contributed by atoms with Gasteiger partial charge in [-0.2, -0.15) is 0 Å². The van der Waals surface area contributed by atoms with Crippen molar-refractivity contribution in [1.29, 1.82) is 0 Å². The molecule has 1 aromatic carbocycles. The Bertz CT molecular complexity index is 639. The molecule has 2 heterocycles. The van der Waals surface area contributed by atoms with E-state index in [9.17, 15) is 9.90 Å². The number of hydrogen-bond acceptors (Lipinski definition) is 5. The van der Waals surface area contributed by atoms with Gasteiger partial charge in [0.1, 0.15) is 6.04 Å². The summed E-state index contributed by atoms with van der Waals surface area (Å²) in [5.74, 6) is -0.246. The van der Waals surface area contributed by atoms with E-state index in [1.807, 2.05) is 44.2 Å². The summed E-state index contributed by atoms with van der Waals surface area (Å²) in [5, 5.41) is 9.97. The molecule has 23 heavy (non-hydrogen) atoms. The molecule has 5 heteroatoms. The van der Waals surface area contributed by atoms with Crippen molar-refractivity contribution in [3.05, 3.63) is 52.4 Å². The zero-order valence-electron chi connectivity index (χ0n) is 13.8. The number of carbonyl (C=O) groups excluding carboxylic acids is 1. The number of aromatic hydroxyl groups is 1. The summed E-state index contributed by atoms with van der Waals surface area (Å²) in [4.78, 5) is 15.5. The van der Waals surface area contributed by atoms with Crippen LogP contribution in [0.4, 0.5) is 0 Å². The van der Waals surface area contributed by atoms with Crippen molar-refractivity contribution < 1.29 is 14.6 Å². The summed E-state index contributed by atoms with van der Waals surface area (Å²) in [6.07, 6.45) is 0.848. The van der Waals surface area contributed by atoms with Gasteiger partial charge in [-0.1, -0.05) is 44.2 Å². The molecule has 1 atom stereocenters. The van der Waals surface area contributed by atoms with Gasteiger partial charge in [-0.05, 0) is 23.6 Å². The van der Waals surface area contributed by atoms with E-state index in [1.54, 1.807) is 6.07 Å². The van der Waals surface area contributed by atoms with Gasteiger partial charge in [-0.3, -0.25) is 4.90 Å². The molecule has 0 bridgehead atoms. The van der Waals surface area contributed by atoms with Crippen molar-refractivity contribution >= 4 is 17.3 Å². The van der Waals surface area contributed by atoms with Gasteiger partial charge in [0.05, 0.1) is 7.11 Å². The maximum absolute atomic E-state index is 12.2. The molecule has 1 N–H and O–H groups in total. The van der Waals surface area contributed by atoms with Gasteiger partial charge in [0.15, 0.2) is 5.06 Å². The molecule has 1 aliphatic rings. The van der Waals surface area contributed by atoms with Crippen LogP contribution in [0.1, 0.15) is 35.9 Å². The Morgan fingerprint density at radius 1 is 1.30 bits per heavy atom. The molecule has 0 spiro atoms. The molecule has 0 aliphatic carbocycles. The number of thiophene rings is 1. The first-order chi connectivity index (χ1) is 11.2. The highest BCUT2D eigenvalue weighted by Gasteiger charge is 2.31. The minimum absolute atomic E-state index is 0.246. The SMILES string of the molecule is CC.COC(=O)[C@H](c1ccccc1)N1CCc2sc(O)cc2C1. The van der Waals surface area contributed by atoms with Crippen molar-refractivity contribution in [2.75, 3.05) is 13.7 Å². The largest absolute Gasteiger partial charge is 0.499 e. The van der Waals surface area contributed by atoms with E-state index >= 15 is 0 Å². The fraction of sp³-hybridized carbons (Fsp3) is 0.389. The topological polar surface area (TPSA) is 49.8 Å². The van der Waals surface area contributed by atoms with Gasteiger partial charge in [-0.15, -0.1) is 11.3 Å². The zero-order valence-corrected chi connectivity index (χ0v) is 14.6. The summed E-state index contributed by atoms with van der Waals surface area (Å²) >= 11 is 1.43. The maximum Gasteiger partial charge on any atom is 0.327 e. The van der Waals surface area contributed by atoms with Crippen LogP contribution < -0.4 is 0 Å². The van der Waals surface area contributed by atoms with Crippen LogP contribution >= 0.6 is 11.3 Å². The van der Waals surface area contributed by atoms with E-state index in [0.717, 1.165) is 24.1 Å². The molecule has 0 saturated carbocycles. The second kappa shape index (κ2) is 8.13. The highest BCUT2D eigenvalue weighted by atomic mass is 32.1. The molecule has 3 rings (SSSR count). The van der Waals surface area contributed by atoms with E-state index in [0.29, 0.717) is 11.6 Å². The third-order valence-electron chi connectivity index (χ3n) is 3.79. The predicted octanol–water partition coefficient (Wildman–Crippen LogP) is 3.75. The average Bonchev–Trinajstić information content (AvgIpc) is 2.97. The molecule has 124 valence electrons. The predicted molar refractivity (Wildman–Crippen MR) is 92.6 cm³/mol. The smallest absolute Gasteiger partial charge is 0.327 e. The lowest BCUT2D eigenvalue weighted by atomic mass is 10.0. The van der Waals surface area contributed by atoms with Crippen LogP contribution in [0.5, 0.6) is 5.06 Å². The second-order valence-corrected chi connectivity index (χ2v) is 6.21. The number of carbonyl (C=O) groups is 1. The molecule has 4 nitrogen and oxygen atoms in total. The molecule has 1 aromatic heterocycles. The maximum atomic E-state index is 12.2. The lowest BCUT2D eigenvalue weighted by Crippen LogP contribution is -2.38. The lowest BCUT2D eigenvalue weighted by Gasteiger charge is -2.32. The Morgan fingerprint density at radius 3 is 2.65 bits per heavy atom. The molecule has 0 fully saturated rings. The summed E-state index contributed by atoms with van der Waals surface area (Å²) in [5.41, 5.74) is 2.04. The summed E-state index contributed by atoms with van der Waals surface area (Å²) in [6.45, 7) is 5.43. The van der Waals surface area contributed by atoms with Gasteiger partial charge in [0, 0.05) is 18.0 Å². The van der Waals surface area contributed by atoms with Crippen LogP contribution in [0.3, 0.4) is 0 Å². The van der Waals surface area contributed by atoms with E-state index < -0.39 is 6.04 Å². The quantitative estimate of drug-likeness (QED) is 0.869. The molecule has 2 aromatic rings. The first kappa shape index (κ1) is 17.5. The highest BCUT2D eigenvalue weighted by Crippen LogP contribution is 2.35. The fourth-order valence-electron chi connectivity index (χ4n) is 2.80. The number of nitrogens with zero attached hydrogens (tertiary/aromatic N) is 1. The van der Waals surface area contributed by atoms with E-state index in [-0.39, 0.29) is 5.97 Å². The first-order valence-corrected chi connectivity index (χ1v) is 8.68. The van der Waals surface area contributed by atoms with Crippen LogP contribution in [0.25, 0.3) is 0 Å². The number of hydrogen-bond donors (Lipinski definition) is 1. The summed E-state index contributed by atoms with van der Waals surface area (Å²) < 4.78 is 4.99. The zero-order chi connectivity index (χ0) is 16.8. The number of esters is 1. The molecule has 0 amide bonds. The Balaban J connectivity index is 0.000000924. The number of rotatable bonds is 3. The average molecular weight is 333 g/mol. The van der Waals surface area contributed by atoms with Gasteiger partial charge >= 0.3 is 5.97 Å². The summed E-state index contributed by atoms with van der Waals surface area (Å²) in [7, 11) is 1.42. The van der Waals surface area contributed by atoms with Crippen LogP contribution in [0, 0.1) is 0 Å². The minimum Gasteiger partial charge on any atom is -0.499 e. The van der Waals surface area contributed by atoms with Gasteiger partial charge in [0.2, 0.25) is 0 Å². The molecular formula is C18H23NO3S. The normalized spacial score (nSPS) is 15.1. The van der Waals surface area contributed by atoms with Crippen LogP contribution in [0.2, 0.25) is 0 Å². The number of fused-ring (bicyclic) bond motifs is 1. The van der Waals surface area contributed by atoms with Crippen molar-refractivity contribution in [3.8, 4) is 5.06 Å².